The Kier molecular flexibility index (Phi) is 5.50. The summed E-state index contributed by atoms with van der Waals surface area (Å²) < 4.78 is 2.23. The first kappa shape index (κ1) is 17.3. The normalized spacial score (nSPS) is 11.5. The summed E-state index contributed by atoms with van der Waals surface area (Å²) in [7, 11) is 0. The molecule has 0 saturated heterocycles. The molecule has 0 spiro atoms. The lowest BCUT2D eigenvalue weighted by molar-refractivity contribution is 0.553. The average Bonchev–Trinajstić information content (AvgIpc) is 2.89. The molecule has 0 aliphatic carbocycles. The molecule has 24 heavy (non-hydrogen) atoms. The van der Waals surface area contributed by atoms with Crippen molar-refractivity contribution >= 4 is 34.1 Å². The van der Waals surface area contributed by atoms with E-state index < -0.39 is 0 Å². The van der Waals surface area contributed by atoms with Crippen molar-refractivity contribution in [1.29, 1.82) is 0 Å². The Morgan fingerprint density at radius 3 is 2.42 bits per heavy atom. The Morgan fingerprint density at radius 2 is 1.71 bits per heavy atom. The molecule has 0 fully saturated rings. The predicted octanol–water partition coefficient (Wildman–Crippen LogP) is 5.74. The van der Waals surface area contributed by atoms with Crippen LogP contribution < -0.4 is 5.32 Å². The van der Waals surface area contributed by atoms with Crippen molar-refractivity contribution in [2.45, 2.75) is 26.9 Å². The van der Waals surface area contributed by atoms with E-state index >= 15 is 0 Å². The van der Waals surface area contributed by atoms with Gasteiger partial charge >= 0.3 is 0 Å². The maximum atomic E-state index is 6.35. The number of rotatable bonds is 6. The van der Waals surface area contributed by atoms with Crippen LogP contribution in [0.2, 0.25) is 10.0 Å². The molecule has 0 radical (unpaired) electrons. The van der Waals surface area contributed by atoms with Gasteiger partial charge in [-0.15, -0.1) is 0 Å². The molecular formula is C20H22Cl2N2. The Balaban J connectivity index is 1.93. The monoisotopic (exact) mass is 360 g/mol. The highest BCUT2D eigenvalue weighted by Crippen LogP contribution is 2.28. The van der Waals surface area contributed by atoms with Gasteiger partial charge in [-0.25, -0.2) is 0 Å². The van der Waals surface area contributed by atoms with Crippen LogP contribution in [0.25, 0.3) is 10.9 Å². The third-order valence-electron chi connectivity index (χ3n) is 4.13. The summed E-state index contributed by atoms with van der Waals surface area (Å²) in [6.45, 7) is 6.98. The lowest BCUT2D eigenvalue weighted by atomic mass is 10.1. The summed E-state index contributed by atoms with van der Waals surface area (Å²) >= 11 is 12.7. The van der Waals surface area contributed by atoms with Crippen molar-refractivity contribution in [2.75, 3.05) is 6.54 Å². The Bertz CT molecular complexity index is 817. The van der Waals surface area contributed by atoms with Gasteiger partial charge in [0, 0.05) is 39.3 Å². The van der Waals surface area contributed by atoms with Crippen LogP contribution in [-0.4, -0.2) is 11.1 Å². The molecular weight excluding hydrogens is 339 g/mol. The standard InChI is InChI=1S/C20H22Cl2N2/c1-14(2)10-23-11-15-12-24(20-9-4-3-6-16(15)20)13-17-18(21)7-5-8-19(17)22/h3-9,12,14,23H,10-11,13H2,1-2H3. The Morgan fingerprint density at radius 1 is 1.00 bits per heavy atom. The van der Waals surface area contributed by atoms with E-state index in [-0.39, 0.29) is 0 Å². The molecule has 3 aromatic rings. The van der Waals surface area contributed by atoms with E-state index in [0.29, 0.717) is 22.5 Å². The highest BCUT2D eigenvalue weighted by Gasteiger charge is 2.11. The average molecular weight is 361 g/mol. The lowest BCUT2D eigenvalue weighted by Gasteiger charge is -2.09. The van der Waals surface area contributed by atoms with Gasteiger partial charge in [-0.1, -0.05) is 61.3 Å². The van der Waals surface area contributed by atoms with Gasteiger partial charge in [0.2, 0.25) is 0 Å². The summed E-state index contributed by atoms with van der Waals surface area (Å²) in [5, 5.41) is 6.22. The zero-order chi connectivity index (χ0) is 17.1. The molecule has 0 aliphatic heterocycles. The molecule has 1 N–H and O–H groups in total. The fourth-order valence-corrected chi connectivity index (χ4v) is 3.46. The van der Waals surface area contributed by atoms with Crippen molar-refractivity contribution < 1.29 is 0 Å². The molecule has 3 rings (SSSR count). The molecule has 0 unspecified atom stereocenters. The van der Waals surface area contributed by atoms with Crippen LogP contribution in [0.1, 0.15) is 25.0 Å². The van der Waals surface area contributed by atoms with E-state index in [4.69, 9.17) is 23.2 Å². The molecule has 0 saturated carbocycles. The van der Waals surface area contributed by atoms with Gasteiger partial charge < -0.3 is 9.88 Å². The second-order valence-corrected chi connectivity index (χ2v) is 7.34. The van der Waals surface area contributed by atoms with Crippen LogP contribution in [0, 0.1) is 5.92 Å². The second kappa shape index (κ2) is 7.60. The van der Waals surface area contributed by atoms with Crippen LogP contribution >= 0.6 is 23.2 Å². The number of hydrogen-bond acceptors (Lipinski definition) is 1. The minimum Gasteiger partial charge on any atom is -0.343 e. The molecule has 1 heterocycles. The zero-order valence-electron chi connectivity index (χ0n) is 14.0. The molecule has 126 valence electrons. The van der Waals surface area contributed by atoms with E-state index in [0.717, 1.165) is 18.7 Å². The van der Waals surface area contributed by atoms with E-state index in [1.54, 1.807) is 0 Å². The maximum Gasteiger partial charge on any atom is 0.0505 e. The maximum absolute atomic E-state index is 6.35. The van der Waals surface area contributed by atoms with E-state index in [9.17, 15) is 0 Å². The summed E-state index contributed by atoms with van der Waals surface area (Å²) in [5.41, 5.74) is 3.47. The van der Waals surface area contributed by atoms with Crippen molar-refractivity contribution in [3.63, 3.8) is 0 Å². The van der Waals surface area contributed by atoms with E-state index in [2.05, 4.69) is 54.2 Å². The SMILES string of the molecule is CC(C)CNCc1cn(Cc2c(Cl)cccc2Cl)c2ccccc12. The minimum atomic E-state index is 0.639. The molecule has 0 atom stereocenters. The first-order valence-corrected chi connectivity index (χ1v) is 9.02. The lowest BCUT2D eigenvalue weighted by Crippen LogP contribution is -2.18. The first-order chi connectivity index (χ1) is 11.6. The molecule has 0 bridgehead atoms. The summed E-state index contributed by atoms with van der Waals surface area (Å²) in [6.07, 6.45) is 2.21. The van der Waals surface area contributed by atoms with Gasteiger partial charge in [0.25, 0.3) is 0 Å². The number of benzene rings is 2. The largest absolute Gasteiger partial charge is 0.343 e. The van der Waals surface area contributed by atoms with Gasteiger partial charge in [-0.2, -0.15) is 0 Å². The number of para-hydroxylation sites is 1. The van der Waals surface area contributed by atoms with Crippen molar-refractivity contribution in [3.05, 3.63) is 69.8 Å². The van der Waals surface area contributed by atoms with Crippen LogP contribution in [0.5, 0.6) is 0 Å². The Labute approximate surface area is 153 Å². The zero-order valence-corrected chi connectivity index (χ0v) is 15.5. The van der Waals surface area contributed by atoms with Crippen molar-refractivity contribution in [1.82, 2.24) is 9.88 Å². The third-order valence-corrected chi connectivity index (χ3v) is 4.84. The highest BCUT2D eigenvalue weighted by atomic mass is 35.5. The van der Waals surface area contributed by atoms with Gasteiger partial charge in [-0.05, 0) is 36.2 Å². The Hall–Kier alpha value is -1.48. The fourth-order valence-electron chi connectivity index (χ4n) is 2.94. The highest BCUT2D eigenvalue weighted by molar-refractivity contribution is 6.36. The molecule has 1 aromatic heterocycles. The molecule has 0 amide bonds. The first-order valence-electron chi connectivity index (χ1n) is 8.26. The topological polar surface area (TPSA) is 17.0 Å². The number of nitrogens with one attached hydrogen (secondary N) is 1. The molecule has 2 nitrogen and oxygen atoms in total. The quantitative estimate of drug-likeness (QED) is 0.592. The van der Waals surface area contributed by atoms with Crippen molar-refractivity contribution in [3.8, 4) is 0 Å². The molecule has 4 heteroatoms. The number of nitrogens with zero attached hydrogens (tertiary/aromatic N) is 1. The number of fused-ring (bicyclic) bond motifs is 1. The van der Waals surface area contributed by atoms with Crippen LogP contribution in [-0.2, 0) is 13.1 Å². The minimum absolute atomic E-state index is 0.639. The van der Waals surface area contributed by atoms with Gasteiger partial charge in [-0.3, -0.25) is 0 Å². The third kappa shape index (κ3) is 3.77. The van der Waals surface area contributed by atoms with Gasteiger partial charge in [0.05, 0.1) is 6.54 Å². The smallest absolute Gasteiger partial charge is 0.0505 e. The van der Waals surface area contributed by atoms with Crippen LogP contribution in [0.3, 0.4) is 0 Å². The summed E-state index contributed by atoms with van der Waals surface area (Å²) in [5.74, 6) is 0.639. The van der Waals surface area contributed by atoms with Gasteiger partial charge in [0.15, 0.2) is 0 Å². The number of halogens is 2. The summed E-state index contributed by atoms with van der Waals surface area (Å²) in [4.78, 5) is 0. The second-order valence-electron chi connectivity index (χ2n) is 6.52. The summed E-state index contributed by atoms with van der Waals surface area (Å²) in [6, 6.07) is 14.1. The number of hydrogen-bond donors (Lipinski definition) is 1. The van der Waals surface area contributed by atoms with E-state index in [1.165, 1.54) is 16.5 Å². The fraction of sp³-hybridized carbons (Fsp3) is 0.300. The van der Waals surface area contributed by atoms with Crippen LogP contribution in [0.15, 0.2) is 48.7 Å². The number of aromatic nitrogens is 1. The van der Waals surface area contributed by atoms with Gasteiger partial charge in [0.1, 0.15) is 0 Å². The van der Waals surface area contributed by atoms with Crippen LogP contribution in [0.4, 0.5) is 0 Å². The van der Waals surface area contributed by atoms with Crippen molar-refractivity contribution in [2.24, 2.45) is 5.92 Å². The van der Waals surface area contributed by atoms with E-state index in [1.807, 2.05) is 18.2 Å². The predicted molar refractivity (Wildman–Crippen MR) is 104 cm³/mol. The molecule has 2 aromatic carbocycles. The molecule has 0 aliphatic rings.